The standard InChI is InChI=1S/C10H18N2S/c1-5-8(10(2,3)4)12-9-11-6-7-13-9/h6-8H,5H2,1-4H3,(H,11,12). The van der Waals surface area contributed by atoms with Crippen LogP contribution in [0.4, 0.5) is 5.13 Å². The van der Waals surface area contributed by atoms with Crippen LogP contribution in [0.25, 0.3) is 0 Å². The zero-order valence-electron chi connectivity index (χ0n) is 8.79. The molecule has 13 heavy (non-hydrogen) atoms. The third-order valence-electron chi connectivity index (χ3n) is 2.18. The van der Waals surface area contributed by atoms with Crippen molar-refractivity contribution in [2.75, 3.05) is 5.32 Å². The summed E-state index contributed by atoms with van der Waals surface area (Å²) in [5.41, 5.74) is 0.292. The van der Waals surface area contributed by atoms with Gasteiger partial charge in [0.2, 0.25) is 0 Å². The van der Waals surface area contributed by atoms with Crippen molar-refractivity contribution in [3.8, 4) is 0 Å². The van der Waals surface area contributed by atoms with E-state index in [1.54, 1.807) is 11.3 Å². The molecule has 74 valence electrons. The Balaban J connectivity index is 2.60. The maximum Gasteiger partial charge on any atom is 0.182 e. The molecule has 0 aliphatic carbocycles. The number of thiazole rings is 1. The summed E-state index contributed by atoms with van der Waals surface area (Å²) in [6.45, 7) is 8.96. The van der Waals surface area contributed by atoms with E-state index in [9.17, 15) is 0 Å². The van der Waals surface area contributed by atoms with E-state index in [1.165, 1.54) is 0 Å². The van der Waals surface area contributed by atoms with Gasteiger partial charge in [-0.25, -0.2) is 4.98 Å². The topological polar surface area (TPSA) is 24.9 Å². The van der Waals surface area contributed by atoms with Crippen molar-refractivity contribution in [2.45, 2.75) is 40.2 Å². The lowest BCUT2D eigenvalue weighted by Crippen LogP contribution is -2.33. The molecule has 0 aliphatic rings. The molecule has 0 aliphatic heterocycles. The molecule has 0 amide bonds. The molecule has 0 fully saturated rings. The summed E-state index contributed by atoms with van der Waals surface area (Å²) >= 11 is 1.66. The maximum absolute atomic E-state index is 4.22. The molecule has 1 rings (SSSR count). The second-order valence-corrected chi connectivity index (χ2v) is 5.20. The minimum atomic E-state index is 0.292. The quantitative estimate of drug-likeness (QED) is 0.805. The van der Waals surface area contributed by atoms with E-state index in [0.717, 1.165) is 11.6 Å². The molecule has 0 aromatic carbocycles. The Bertz CT molecular complexity index is 236. The van der Waals surface area contributed by atoms with E-state index in [4.69, 9.17) is 0 Å². The summed E-state index contributed by atoms with van der Waals surface area (Å²) in [7, 11) is 0. The normalized spacial score (nSPS) is 14.2. The Hall–Kier alpha value is -0.570. The lowest BCUT2D eigenvalue weighted by molar-refractivity contribution is 0.333. The van der Waals surface area contributed by atoms with Crippen molar-refractivity contribution in [3.05, 3.63) is 11.6 Å². The number of anilines is 1. The highest BCUT2D eigenvalue weighted by Gasteiger charge is 2.22. The first kappa shape index (κ1) is 10.5. The minimum absolute atomic E-state index is 0.292. The van der Waals surface area contributed by atoms with Gasteiger partial charge in [-0.1, -0.05) is 27.7 Å². The average Bonchev–Trinajstić information content (AvgIpc) is 2.49. The van der Waals surface area contributed by atoms with Gasteiger partial charge in [-0.3, -0.25) is 0 Å². The van der Waals surface area contributed by atoms with Crippen molar-refractivity contribution in [2.24, 2.45) is 5.41 Å². The highest BCUT2D eigenvalue weighted by molar-refractivity contribution is 7.13. The summed E-state index contributed by atoms with van der Waals surface area (Å²) < 4.78 is 0. The Morgan fingerprint density at radius 3 is 2.62 bits per heavy atom. The number of hydrogen-bond acceptors (Lipinski definition) is 3. The molecule has 0 radical (unpaired) electrons. The van der Waals surface area contributed by atoms with Crippen molar-refractivity contribution >= 4 is 16.5 Å². The Morgan fingerprint density at radius 1 is 1.54 bits per heavy atom. The fraction of sp³-hybridized carbons (Fsp3) is 0.700. The van der Waals surface area contributed by atoms with E-state index in [1.807, 2.05) is 11.6 Å². The van der Waals surface area contributed by atoms with Gasteiger partial charge in [0.05, 0.1) is 0 Å². The maximum atomic E-state index is 4.22. The predicted octanol–water partition coefficient (Wildman–Crippen LogP) is 3.38. The van der Waals surface area contributed by atoms with Crippen LogP contribution < -0.4 is 5.32 Å². The predicted molar refractivity (Wildman–Crippen MR) is 59.3 cm³/mol. The van der Waals surface area contributed by atoms with Crippen LogP contribution in [0.2, 0.25) is 0 Å². The lowest BCUT2D eigenvalue weighted by atomic mass is 9.85. The van der Waals surface area contributed by atoms with E-state index in [0.29, 0.717) is 11.5 Å². The fourth-order valence-electron chi connectivity index (χ4n) is 1.37. The van der Waals surface area contributed by atoms with Gasteiger partial charge in [0.15, 0.2) is 5.13 Å². The van der Waals surface area contributed by atoms with E-state index in [2.05, 4.69) is 38.0 Å². The molecule has 1 heterocycles. The van der Waals surface area contributed by atoms with Crippen LogP contribution in [0.15, 0.2) is 11.6 Å². The molecule has 1 N–H and O–H groups in total. The molecule has 1 atom stereocenters. The molecule has 1 aromatic rings. The van der Waals surface area contributed by atoms with Crippen LogP contribution in [0.1, 0.15) is 34.1 Å². The molecule has 0 bridgehead atoms. The molecular weight excluding hydrogens is 180 g/mol. The van der Waals surface area contributed by atoms with E-state index in [-0.39, 0.29) is 0 Å². The zero-order valence-corrected chi connectivity index (χ0v) is 9.61. The summed E-state index contributed by atoms with van der Waals surface area (Å²) in [6, 6.07) is 0.499. The van der Waals surface area contributed by atoms with Gasteiger partial charge in [-0.05, 0) is 11.8 Å². The number of hydrogen-bond donors (Lipinski definition) is 1. The first-order chi connectivity index (χ1) is 6.04. The fourth-order valence-corrected chi connectivity index (χ4v) is 1.96. The first-order valence-corrected chi connectivity index (χ1v) is 5.58. The average molecular weight is 198 g/mol. The van der Waals surface area contributed by atoms with Gasteiger partial charge < -0.3 is 5.32 Å². The first-order valence-electron chi connectivity index (χ1n) is 4.70. The van der Waals surface area contributed by atoms with Crippen LogP contribution in [-0.2, 0) is 0 Å². The molecule has 1 unspecified atom stereocenters. The highest BCUT2D eigenvalue weighted by Crippen LogP contribution is 2.25. The second-order valence-electron chi connectivity index (χ2n) is 4.31. The van der Waals surface area contributed by atoms with Gasteiger partial charge in [0.25, 0.3) is 0 Å². The van der Waals surface area contributed by atoms with Crippen LogP contribution in [-0.4, -0.2) is 11.0 Å². The Labute approximate surface area is 84.4 Å². The molecule has 0 saturated carbocycles. The SMILES string of the molecule is CCC(Nc1nccs1)C(C)(C)C. The molecule has 1 aromatic heterocycles. The molecule has 2 nitrogen and oxygen atoms in total. The van der Waals surface area contributed by atoms with Crippen molar-refractivity contribution in [1.82, 2.24) is 4.98 Å². The monoisotopic (exact) mass is 198 g/mol. The van der Waals surface area contributed by atoms with Gasteiger partial charge in [-0.2, -0.15) is 0 Å². The van der Waals surface area contributed by atoms with Crippen molar-refractivity contribution in [1.29, 1.82) is 0 Å². The molecule has 0 saturated heterocycles. The summed E-state index contributed by atoms with van der Waals surface area (Å²) in [4.78, 5) is 4.22. The smallest absolute Gasteiger partial charge is 0.182 e. The van der Waals surface area contributed by atoms with Crippen LogP contribution in [0.3, 0.4) is 0 Å². The summed E-state index contributed by atoms with van der Waals surface area (Å²) in [5, 5.41) is 6.48. The van der Waals surface area contributed by atoms with Crippen molar-refractivity contribution < 1.29 is 0 Å². The van der Waals surface area contributed by atoms with E-state index >= 15 is 0 Å². The number of rotatable bonds is 3. The van der Waals surface area contributed by atoms with E-state index < -0.39 is 0 Å². The second kappa shape index (κ2) is 4.09. The summed E-state index contributed by atoms with van der Waals surface area (Å²) in [5.74, 6) is 0. The van der Waals surface area contributed by atoms with Gasteiger partial charge in [-0.15, -0.1) is 11.3 Å². The van der Waals surface area contributed by atoms with Gasteiger partial charge in [0.1, 0.15) is 0 Å². The zero-order chi connectivity index (χ0) is 9.90. The molecule has 0 spiro atoms. The number of aromatic nitrogens is 1. The van der Waals surface area contributed by atoms with Crippen molar-refractivity contribution in [3.63, 3.8) is 0 Å². The third kappa shape index (κ3) is 2.99. The van der Waals surface area contributed by atoms with Gasteiger partial charge in [0, 0.05) is 17.6 Å². The largest absolute Gasteiger partial charge is 0.358 e. The minimum Gasteiger partial charge on any atom is -0.358 e. The lowest BCUT2D eigenvalue weighted by Gasteiger charge is -2.30. The molecule has 3 heteroatoms. The third-order valence-corrected chi connectivity index (χ3v) is 2.89. The number of nitrogens with one attached hydrogen (secondary N) is 1. The molecular formula is C10H18N2S. The van der Waals surface area contributed by atoms with Gasteiger partial charge >= 0.3 is 0 Å². The van der Waals surface area contributed by atoms with Crippen LogP contribution in [0, 0.1) is 5.41 Å². The Kier molecular flexibility index (Phi) is 3.31. The Morgan fingerprint density at radius 2 is 2.23 bits per heavy atom. The summed E-state index contributed by atoms with van der Waals surface area (Å²) in [6.07, 6.45) is 2.96. The highest BCUT2D eigenvalue weighted by atomic mass is 32.1. The number of nitrogens with zero attached hydrogens (tertiary/aromatic N) is 1. The van der Waals surface area contributed by atoms with Crippen LogP contribution in [0.5, 0.6) is 0 Å². The van der Waals surface area contributed by atoms with Crippen LogP contribution >= 0.6 is 11.3 Å².